The van der Waals surface area contributed by atoms with E-state index in [2.05, 4.69) is 36.5 Å². The summed E-state index contributed by atoms with van der Waals surface area (Å²) in [5.74, 6) is -0.232. The molecule has 1 N–H and O–H groups in total. The third kappa shape index (κ3) is 3.68. The van der Waals surface area contributed by atoms with Crippen molar-refractivity contribution in [2.75, 3.05) is 6.54 Å². The van der Waals surface area contributed by atoms with E-state index in [0.29, 0.717) is 24.4 Å². The number of hydrogen-bond donors (Lipinski definition) is 1. The third-order valence-electron chi connectivity index (χ3n) is 3.56. The molecule has 24 heavy (non-hydrogen) atoms. The molecule has 2 aromatic heterocycles. The summed E-state index contributed by atoms with van der Waals surface area (Å²) in [5.41, 5.74) is 2.81. The van der Waals surface area contributed by atoms with Crippen LogP contribution in [-0.4, -0.2) is 32.4 Å². The maximum absolute atomic E-state index is 12.3. The zero-order valence-corrected chi connectivity index (χ0v) is 14.7. The minimum absolute atomic E-state index is 0.232. The van der Waals surface area contributed by atoms with Crippen LogP contribution in [0.5, 0.6) is 0 Å². The maximum Gasteiger partial charge on any atom is 0.273 e. The molecule has 7 heteroatoms. The van der Waals surface area contributed by atoms with Gasteiger partial charge in [0, 0.05) is 29.3 Å². The van der Waals surface area contributed by atoms with E-state index >= 15 is 0 Å². The molecule has 0 radical (unpaired) electrons. The molecule has 0 saturated heterocycles. The van der Waals surface area contributed by atoms with Gasteiger partial charge in [-0.3, -0.25) is 9.78 Å². The molecule has 0 fully saturated rings. The lowest BCUT2D eigenvalue weighted by molar-refractivity contribution is 0.0948. The summed E-state index contributed by atoms with van der Waals surface area (Å²) in [5, 5.41) is 11.0. The lowest BCUT2D eigenvalue weighted by atomic mass is 10.2. The Hall–Kier alpha value is -2.54. The van der Waals surface area contributed by atoms with Crippen LogP contribution in [0.1, 0.15) is 21.9 Å². The van der Waals surface area contributed by atoms with E-state index in [1.807, 2.05) is 49.4 Å². The number of hydrogen-bond acceptors (Lipinski definition) is 4. The number of aromatic nitrogens is 4. The molecule has 1 aromatic carbocycles. The number of carbonyl (C=O) groups excluding carboxylic acids is 1. The van der Waals surface area contributed by atoms with Crippen molar-refractivity contribution < 1.29 is 4.79 Å². The van der Waals surface area contributed by atoms with E-state index < -0.39 is 0 Å². The van der Waals surface area contributed by atoms with Crippen molar-refractivity contribution in [3.63, 3.8) is 0 Å². The molecule has 0 unspecified atom stereocenters. The molecule has 0 atom stereocenters. The SMILES string of the molecule is Cc1c(C(=O)NCCc2ccccn2)nnn1-c1cccc(Br)c1. The zero-order valence-electron chi connectivity index (χ0n) is 13.1. The van der Waals surface area contributed by atoms with Crippen molar-refractivity contribution in [1.29, 1.82) is 0 Å². The highest BCUT2D eigenvalue weighted by atomic mass is 79.9. The predicted octanol–water partition coefficient (Wildman–Crippen LogP) is 2.71. The first-order valence-electron chi connectivity index (χ1n) is 7.51. The summed E-state index contributed by atoms with van der Waals surface area (Å²) in [6.07, 6.45) is 2.41. The fourth-order valence-electron chi connectivity index (χ4n) is 2.33. The van der Waals surface area contributed by atoms with Crippen LogP contribution in [0.4, 0.5) is 0 Å². The van der Waals surface area contributed by atoms with Crippen LogP contribution in [0.15, 0.2) is 53.1 Å². The van der Waals surface area contributed by atoms with Gasteiger partial charge in [0.25, 0.3) is 5.91 Å². The average Bonchev–Trinajstić information content (AvgIpc) is 2.97. The second-order valence-electron chi connectivity index (χ2n) is 5.24. The standard InChI is InChI=1S/C17H16BrN5O/c1-12-16(17(24)20-10-8-14-6-2-3-9-19-14)21-22-23(12)15-7-4-5-13(18)11-15/h2-7,9,11H,8,10H2,1H3,(H,20,24). The van der Waals surface area contributed by atoms with Crippen molar-refractivity contribution in [3.8, 4) is 5.69 Å². The van der Waals surface area contributed by atoms with E-state index in [9.17, 15) is 4.79 Å². The van der Waals surface area contributed by atoms with Gasteiger partial charge in [0.15, 0.2) is 5.69 Å². The van der Waals surface area contributed by atoms with Gasteiger partial charge < -0.3 is 5.32 Å². The van der Waals surface area contributed by atoms with Crippen LogP contribution in [-0.2, 0) is 6.42 Å². The quantitative estimate of drug-likeness (QED) is 0.732. The summed E-state index contributed by atoms with van der Waals surface area (Å²) < 4.78 is 2.59. The van der Waals surface area contributed by atoms with Gasteiger partial charge in [-0.25, -0.2) is 4.68 Å². The molecule has 0 bridgehead atoms. The molecule has 0 spiro atoms. The van der Waals surface area contributed by atoms with Gasteiger partial charge in [0.1, 0.15) is 0 Å². The smallest absolute Gasteiger partial charge is 0.273 e. The van der Waals surface area contributed by atoms with Crippen molar-refractivity contribution in [2.24, 2.45) is 0 Å². The Bertz CT molecular complexity index is 847. The minimum Gasteiger partial charge on any atom is -0.350 e. The lowest BCUT2D eigenvalue weighted by Crippen LogP contribution is -2.27. The van der Waals surface area contributed by atoms with E-state index in [-0.39, 0.29) is 5.91 Å². The van der Waals surface area contributed by atoms with Gasteiger partial charge in [-0.1, -0.05) is 33.3 Å². The predicted molar refractivity (Wildman–Crippen MR) is 94.1 cm³/mol. The summed E-state index contributed by atoms with van der Waals surface area (Å²) in [6.45, 7) is 2.33. The summed E-state index contributed by atoms with van der Waals surface area (Å²) in [6, 6.07) is 13.4. The fraction of sp³-hybridized carbons (Fsp3) is 0.176. The van der Waals surface area contributed by atoms with Crippen molar-refractivity contribution in [1.82, 2.24) is 25.3 Å². The van der Waals surface area contributed by atoms with Crippen molar-refractivity contribution in [3.05, 3.63) is 70.2 Å². The first-order valence-corrected chi connectivity index (χ1v) is 8.31. The summed E-state index contributed by atoms with van der Waals surface area (Å²) in [4.78, 5) is 16.5. The Balaban J connectivity index is 1.68. The van der Waals surface area contributed by atoms with E-state index in [1.165, 1.54) is 0 Å². The van der Waals surface area contributed by atoms with Crippen LogP contribution in [0.25, 0.3) is 5.69 Å². The molecule has 3 aromatic rings. The van der Waals surface area contributed by atoms with E-state index in [0.717, 1.165) is 15.9 Å². The summed E-state index contributed by atoms with van der Waals surface area (Å²) >= 11 is 3.43. The Labute approximate surface area is 148 Å². The van der Waals surface area contributed by atoms with Crippen LogP contribution in [0.3, 0.4) is 0 Å². The largest absolute Gasteiger partial charge is 0.350 e. The first-order chi connectivity index (χ1) is 11.6. The molecule has 0 saturated carbocycles. The van der Waals surface area contributed by atoms with Gasteiger partial charge in [-0.05, 0) is 37.3 Å². The summed E-state index contributed by atoms with van der Waals surface area (Å²) in [7, 11) is 0. The molecule has 122 valence electrons. The van der Waals surface area contributed by atoms with E-state index in [4.69, 9.17) is 0 Å². The molecule has 1 amide bonds. The average molecular weight is 386 g/mol. The van der Waals surface area contributed by atoms with Gasteiger partial charge in [0.2, 0.25) is 0 Å². The van der Waals surface area contributed by atoms with Gasteiger partial charge >= 0.3 is 0 Å². The van der Waals surface area contributed by atoms with Crippen LogP contribution >= 0.6 is 15.9 Å². The first kappa shape index (κ1) is 16.3. The number of carbonyl (C=O) groups is 1. The topological polar surface area (TPSA) is 72.7 Å². The highest BCUT2D eigenvalue weighted by molar-refractivity contribution is 9.10. The second kappa shape index (κ2) is 7.35. The van der Waals surface area contributed by atoms with Crippen LogP contribution in [0, 0.1) is 6.92 Å². The van der Waals surface area contributed by atoms with Crippen LogP contribution < -0.4 is 5.32 Å². The monoisotopic (exact) mass is 385 g/mol. The molecule has 0 aliphatic rings. The molecular weight excluding hydrogens is 370 g/mol. The maximum atomic E-state index is 12.3. The van der Waals surface area contributed by atoms with E-state index in [1.54, 1.807) is 10.9 Å². The number of amides is 1. The Morgan fingerprint density at radius 3 is 2.88 bits per heavy atom. The normalized spacial score (nSPS) is 10.6. The number of benzene rings is 1. The number of nitrogens with one attached hydrogen (secondary N) is 1. The van der Waals surface area contributed by atoms with Gasteiger partial charge in [-0.2, -0.15) is 0 Å². The Morgan fingerprint density at radius 2 is 2.12 bits per heavy atom. The molecule has 6 nitrogen and oxygen atoms in total. The molecular formula is C17H16BrN5O. The Morgan fingerprint density at radius 1 is 1.25 bits per heavy atom. The fourth-order valence-corrected chi connectivity index (χ4v) is 2.71. The highest BCUT2D eigenvalue weighted by Gasteiger charge is 2.17. The minimum atomic E-state index is -0.232. The van der Waals surface area contributed by atoms with Crippen molar-refractivity contribution >= 4 is 21.8 Å². The highest BCUT2D eigenvalue weighted by Crippen LogP contribution is 2.17. The molecule has 3 rings (SSSR count). The number of halogens is 1. The zero-order chi connectivity index (χ0) is 16.9. The van der Waals surface area contributed by atoms with Crippen molar-refractivity contribution in [2.45, 2.75) is 13.3 Å². The third-order valence-corrected chi connectivity index (χ3v) is 4.05. The lowest BCUT2D eigenvalue weighted by Gasteiger charge is -2.05. The van der Waals surface area contributed by atoms with Crippen LogP contribution in [0.2, 0.25) is 0 Å². The van der Waals surface area contributed by atoms with Gasteiger partial charge in [-0.15, -0.1) is 5.10 Å². The second-order valence-corrected chi connectivity index (χ2v) is 6.16. The Kier molecular flexibility index (Phi) is 5.00. The number of rotatable bonds is 5. The van der Waals surface area contributed by atoms with Gasteiger partial charge in [0.05, 0.1) is 11.4 Å². The molecule has 0 aliphatic heterocycles. The number of nitrogens with zero attached hydrogens (tertiary/aromatic N) is 4. The molecule has 2 heterocycles. The number of pyridine rings is 1. The molecule has 0 aliphatic carbocycles.